The summed E-state index contributed by atoms with van der Waals surface area (Å²) in [6.07, 6.45) is 3.21. The smallest absolute Gasteiger partial charge is 0.330 e. The van der Waals surface area contributed by atoms with Crippen molar-refractivity contribution in [3.8, 4) is 0 Å². The molecule has 0 aliphatic carbocycles. The Morgan fingerprint density at radius 1 is 1.62 bits per heavy atom. The van der Waals surface area contributed by atoms with E-state index in [1.807, 2.05) is 13.8 Å². The first kappa shape index (κ1) is 10.3. The largest absolute Gasteiger partial charge is 0.466 e. The summed E-state index contributed by atoms with van der Waals surface area (Å²) in [6.45, 7) is 4.74. The van der Waals surface area contributed by atoms with E-state index in [0.29, 0.717) is 6.61 Å². The Kier molecular flexibility index (Phi) is 3.09. The Bertz CT molecular complexity index is 228. The van der Waals surface area contributed by atoms with E-state index in [9.17, 15) is 4.79 Å². The van der Waals surface area contributed by atoms with Crippen molar-refractivity contribution in [2.45, 2.75) is 32.3 Å². The van der Waals surface area contributed by atoms with Crippen molar-refractivity contribution in [1.29, 1.82) is 0 Å². The van der Waals surface area contributed by atoms with Crippen LogP contribution in [0.1, 0.15) is 26.7 Å². The van der Waals surface area contributed by atoms with Crippen LogP contribution in [0.2, 0.25) is 0 Å². The van der Waals surface area contributed by atoms with Gasteiger partial charge < -0.3 is 9.47 Å². The Morgan fingerprint density at radius 3 is 2.85 bits per heavy atom. The molecule has 0 atom stereocenters. The molecule has 0 radical (unpaired) electrons. The van der Waals surface area contributed by atoms with E-state index in [0.717, 1.165) is 18.4 Å². The monoisotopic (exact) mass is 184 g/mol. The highest BCUT2D eigenvalue weighted by molar-refractivity contribution is 5.82. The van der Waals surface area contributed by atoms with Crippen molar-refractivity contribution in [3.63, 3.8) is 0 Å². The topological polar surface area (TPSA) is 35.5 Å². The molecule has 1 aliphatic heterocycles. The van der Waals surface area contributed by atoms with E-state index in [1.54, 1.807) is 6.08 Å². The molecule has 3 heteroatoms. The molecule has 74 valence electrons. The maximum Gasteiger partial charge on any atom is 0.330 e. The fourth-order valence-electron chi connectivity index (χ4n) is 1.49. The normalized spacial score (nSPS) is 24.4. The standard InChI is InChI=1S/C10H16O3/c1-10(2)7-8(4-5-13-10)6-9(11)12-3/h6H,4-5,7H2,1-3H3/b8-6-. The minimum absolute atomic E-state index is 0.141. The summed E-state index contributed by atoms with van der Waals surface area (Å²) in [5.41, 5.74) is 0.973. The molecule has 0 bridgehead atoms. The molecular weight excluding hydrogens is 168 g/mol. The number of rotatable bonds is 1. The zero-order valence-corrected chi connectivity index (χ0v) is 8.42. The van der Waals surface area contributed by atoms with Gasteiger partial charge in [-0.05, 0) is 26.7 Å². The molecule has 0 amide bonds. The third-order valence-electron chi connectivity index (χ3n) is 2.09. The molecule has 0 aromatic carbocycles. The Morgan fingerprint density at radius 2 is 2.31 bits per heavy atom. The van der Waals surface area contributed by atoms with E-state index in [4.69, 9.17) is 4.74 Å². The van der Waals surface area contributed by atoms with Crippen LogP contribution in [0.4, 0.5) is 0 Å². The van der Waals surface area contributed by atoms with E-state index >= 15 is 0 Å². The van der Waals surface area contributed by atoms with Crippen LogP contribution in [0.5, 0.6) is 0 Å². The highest BCUT2D eigenvalue weighted by Crippen LogP contribution is 2.27. The molecule has 0 aromatic heterocycles. The summed E-state index contributed by atoms with van der Waals surface area (Å²) in [5.74, 6) is -0.271. The van der Waals surface area contributed by atoms with Crippen molar-refractivity contribution in [2.24, 2.45) is 0 Å². The number of hydrogen-bond donors (Lipinski definition) is 0. The van der Waals surface area contributed by atoms with Gasteiger partial charge >= 0.3 is 5.97 Å². The average Bonchev–Trinajstić information content (AvgIpc) is 2.02. The highest BCUT2D eigenvalue weighted by atomic mass is 16.5. The Balaban J connectivity index is 2.61. The lowest BCUT2D eigenvalue weighted by Crippen LogP contribution is -2.30. The molecule has 0 unspecified atom stereocenters. The predicted octanol–water partition coefficient (Wildman–Crippen LogP) is 1.67. The second-order valence-electron chi connectivity index (χ2n) is 3.86. The summed E-state index contributed by atoms with van der Waals surface area (Å²) < 4.78 is 10.1. The quantitative estimate of drug-likeness (QED) is 0.459. The summed E-state index contributed by atoms with van der Waals surface area (Å²) >= 11 is 0. The number of esters is 1. The van der Waals surface area contributed by atoms with Crippen LogP contribution in [0.15, 0.2) is 11.6 Å². The van der Waals surface area contributed by atoms with Crippen LogP contribution in [-0.4, -0.2) is 25.3 Å². The molecule has 1 saturated heterocycles. The van der Waals surface area contributed by atoms with Gasteiger partial charge in [-0.1, -0.05) is 5.57 Å². The second-order valence-corrected chi connectivity index (χ2v) is 3.86. The summed E-state index contributed by atoms with van der Waals surface area (Å²) in [5, 5.41) is 0. The second kappa shape index (κ2) is 3.92. The van der Waals surface area contributed by atoms with Crippen LogP contribution >= 0.6 is 0 Å². The molecule has 0 saturated carbocycles. The molecule has 1 fully saturated rings. The lowest BCUT2D eigenvalue weighted by Gasteiger charge is -2.31. The van der Waals surface area contributed by atoms with Crippen molar-refractivity contribution >= 4 is 5.97 Å². The number of carbonyl (C=O) groups excluding carboxylic acids is 1. The van der Waals surface area contributed by atoms with Crippen LogP contribution in [0.25, 0.3) is 0 Å². The molecule has 1 heterocycles. The van der Waals surface area contributed by atoms with Gasteiger partial charge in [-0.3, -0.25) is 0 Å². The summed E-state index contributed by atoms with van der Waals surface area (Å²) in [7, 11) is 1.39. The van der Waals surface area contributed by atoms with Gasteiger partial charge in [-0.2, -0.15) is 0 Å². The Labute approximate surface area is 78.7 Å². The highest BCUT2D eigenvalue weighted by Gasteiger charge is 2.25. The van der Waals surface area contributed by atoms with E-state index < -0.39 is 0 Å². The van der Waals surface area contributed by atoms with Crippen molar-refractivity contribution < 1.29 is 14.3 Å². The number of methoxy groups -OCH3 is 1. The lowest BCUT2D eigenvalue weighted by atomic mass is 9.93. The summed E-state index contributed by atoms with van der Waals surface area (Å²) in [4.78, 5) is 11.0. The first-order valence-electron chi connectivity index (χ1n) is 4.45. The first-order chi connectivity index (χ1) is 6.03. The third-order valence-corrected chi connectivity index (χ3v) is 2.09. The maximum atomic E-state index is 11.0. The molecule has 3 nitrogen and oxygen atoms in total. The van der Waals surface area contributed by atoms with Gasteiger partial charge in [0.1, 0.15) is 0 Å². The van der Waals surface area contributed by atoms with E-state index in [2.05, 4.69) is 4.74 Å². The van der Waals surface area contributed by atoms with Crippen molar-refractivity contribution in [3.05, 3.63) is 11.6 Å². The zero-order valence-electron chi connectivity index (χ0n) is 8.42. The first-order valence-corrected chi connectivity index (χ1v) is 4.45. The van der Waals surface area contributed by atoms with Crippen molar-refractivity contribution in [2.75, 3.05) is 13.7 Å². The van der Waals surface area contributed by atoms with Gasteiger partial charge in [0.15, 0.2) is 0 Å². The SMILES string of the molecule is COC(=O)/C=C1/CCOC(C)(C)C1. The van der Waals surface area contributed by atoms with Crippen LogP contribution in [-0.2, 0) is 14.3 Å². The minimum Gasteiger partial charge on any atom is -0.466 e. The molecule has 1 aliphatic rings. The van der Waals surface area contributed by atoms with Crippen molar-refractivity contribution in [1.82, 2.24) is 0 Å². The van der Waals surface area contributed by atoms with Gasteiger partial charge in [0, 0.05) is 6.08 Å². The minimum atomic E-state index is -0.271. The van der Waals surface area contributed by atoms with Gasteiger partial charge in [0.2, 0.25) is 0 Å². The fourth-order valence-corrected chi connectivity index (χ4v) is 1.49. The number of carbonyl (C=O) groups is 1. The van der Waals surface area contributed by atoms with Gasteiger partial charge in [0.05, 0.1) is 19.3 Å². The summed E-state index contributed by atoms with van der Waals surface area (Å²) in [6, 6.07) is 0. The van der Waals surface area contributed by atoms with E-state index in [1.165, 1.54) is 7.11 Å². The van der Waals surface area contributed by atoms with Crippen LogP contribution in [0, 0.1) is 0 Å². The Hall–Kier alpha value is -0.830. The molecule has 0 N–H and O–H groups in total. The molecule has 1 rings (SSSR count). The molecular formula is C10H16O3. The predicted molar refractivity (Wildman–Crippen MR) is 49.4 cm³/mol. The lowest BCUT2D eigenvalue weighted by molar-refractivity contribution is -0.135. The molecule has 0 spiro atoms. The molecule has 13 heavy (non-hydrogen) atoms. The number of ether oxygens (including phenoxy) is 2. The third kappa shape index (κ3) is 3.19. The van der Waals surface area contributed by atoms with Gasteiger partial charge in [-0.25, -0.2) is 4.79 Å². The van der Waals surface area contributed by atoms with Gasteiger partial charge in [-0.15, -0.1) is 0 Å². The van der Waals surface area contributed by atoms with Gasteiger partial charge in [0.25, 0.3) is 0 Å². The molecule has 0 aromatic rings. The maximum absolute atomic E-state index is 11.0. The number of hydrogen-bond acceptors (Lipinski definition) is 3. The average molecular weight is 184 g/mol. The zero-order chi connectivity index (χ0) is 9.90. The van der Waals surface area contributed by atoms with Crippen LogP contribution in [0.3, 0.4) is 0 Å². The fraction of sp³-hybridized carbons (Fsp3) is 0.700. The van der Waals surface area contributed by atoms with Crippen LogP contribution < -0.4 is 0 Å². The van der Waals surface area contributed by atoms with E-state index in [-0.39, 0.29) is 11.6 Å².